The first-order valence-electron chi connectivity index (χ1n) is 12.9. The number of alkyl halides is 5. The van der Waals surface area contributed by atoms with Crippen molar-refractivity contribution in [3.05, 3.63) is 93.8 Å². The number of amides is 1. The maximum Gasteiger partial charge on any atom is 0.417 e. The summed E-state index contributed by atoms with van der Waals surface area (Å²) in [6.45, 7) is -0.117. The number of sulfone groups is 1. The first kappa shape index (κ1) is 34.2. The lowest BCUT2D eigenvalue weighted by Gasteiger charge is -2.28. The second-order valence-electron chi connectivity index (χ2n) is 9.85. The van der Waals surface area contributed by atoms with Gasteiger partial charge in [0.15, 0.2) is 9.84 Å². The van der Waals surface area contributed by atoms with Crippen LogP contribution in [0.5, 0.6) is 5.75 Å². The van der Waals surface area contributed by atoms with Crippen molar-refractivity contribution in [2.24, 2.45) is 0 Å². The van der Waals surface area contributed by atoms with Crippen molar-refractivity contribution in [2.45, 2.75) is 43.4 Å². The fourth-order valence-electron chi connectivity index (χ4n) is 4.26. The van der Waals surface area contributed by atoms with Crippen molar-refractivity contribution in [2.75, 3.05) is 26.0 Å². The van der Waals surface area contributed by atoms with Gasteiger partial charge in [0.2, 0.25) is 5.91 Å². The molecule has 0 saturated carbocycles. The average molecular weight is 651 g/mol. The summed E-state index contributed by atoms with van der Waals surface area (Å²) in [5.74, 6) is -4.36. The van der Waals surface area contributed by atoms with Gasteiger partial charge in [-0.15, -0.1) is 0 Å². The minimum Gasteiger partial charge on any atom is -0.494 e. The van der Waals surface area contributed by atoms with Crippen molar-refractivity contribution in [1.29, 1.82) is 0 Å². The molecule has 0 aliphatic rings. The first-order chi connectivity index (χ1) is 20.0. The number of halogens is 7. The number of hydrogen-bond donors (Lipinski definition) is 1. The van der Waals surface area contributed by atoms with Crippen LogP contribution in [0.2, 0.25) is 5.02 Å². The number of nitrogens with one attached hydrogen (secondary N) is 1. The number of rotatable bonds is 13. The van der Waals surface area contributed by atoms with E-state index >= 15 is 8.78 Å². The quantitative estimate of drug-likeness (QED) is 0.167. The summed E-state index contributed by atoms with van der Waals surface area (Å²) in [5.41, 5.74) is -1.24. The van der Waals surface area contributed by atoms with Gasteiger partial charge in [-0.2, -0.15) is 22.0 Å². The molecule has 0 unspecified atom stereocenters. The molecular formula is C29H29ClF6N2O4S. The van der Waals surface area contributed by atoms with E-state index in [0.717, 1.165) is 42.7 Å². The topological polar surface area (TPSA) is 75.7 Å². The summed E-state index contributed by atoms with van der Waals surface area (Å²) in [5, 5.41) is 1.92. The second-order valence-corrected chi connectivity index (χ2v) is 12.2. The number of hydrogen-bond acceptors (Lipinski definition) is 5. The molecule has 0 aliphatic heterocycles. The van der Waals surface area contributed by atoms with E-state index in [1.165, 1.54) is 36.1 Å². The lowest BCUT2D eigenvalue weighted by Crippen LogP contribution is -2.36. The van der Waals surface area contributed by atoms with Crippen molar-refractivity contribution in [3.8, 4) is 5.75 Å². The van der Waals surface area contributed by atoms with E-state index in [2.05, 4.69) is 5.32 Å². The molecule has 0 spiro atoms. The Morgan fingerprint density at radius 3 is 2.28 bits per heavy atom. The molecule has 1 amide bonds. The van der Waals surface area contributed by atoms with Crippen LogP contribution >= 0.6 is 11.6 Å². The Bertz CT molecular complexity index is 1530. The van der Waals surface area contributed by atoms with Crippen molar-refractivity contribution in [3.63, 3.8) is 0 Å². The average Bonchev–Trinajstić information content (AvgIpc) is 2.90. The molecule has 0 saturated heterocycles. The molecule has 6 nitrogen and oxygen atoms in total. The highest BCUT2D eigenvalue weighted by molar-refractivity contribution is 7.90. The highest BCUT2D eigenvalue weighted by Gasteiger charge is 2.36. The van der Waals surface area contributed by atoms with Gasteiger partial charge in [-0.05, 0) is 47.9 Å². The Balaban J connectivity index is 1.78. The lowest BCUT2D eigenvalue weighted by molar-refractivity contribution is -0.137. The van der Waals surface area contributed by atoms with Crippen LogP contribution < -0.4 is 10.1 Å². The zero-order valence-electron chi connectivity index (χ0n) is 23.2. The minimum absolute atomic E-state index is 0.0140. The Morgan fingerprint density at radius 1 is 1.00 bits per heavy atom. The normalized spacial score (nSPS) is 12.4. The number of carbonyl (C=O) groups is 1. The van der Waals surface area contributed by atoms with E-state index < -0.39 is 50.4 Å². The number of benzene rings is 3. The SMILES string of the molecule is CC(=O)NCc1ccc(OCCCN(Cc2cccc(C(F)(F)F)c2Cl)CC(F)(F)c2ccc(F)cc2)cc1S(C)(=O)=O. The van der Waals surface area contributed by atoms with Crippen LogP contribution in [-0.4, -0.2) is 45.2 Å². The summed E-state index contributed by atoms with van der Waals surface area (Å²) in [6.07, 6.45) is -3.62. The summed E-state index contributed by atoms with van der Waals surface area (Å²) in [7, 11) is -3.69. The number of nitrogens with zero attached hydrogens (tertiary/aromatic N) is 1. The van der Waals surface area contributed by atoms with Gasteiger partial charge >= 0.3 is 6.18 Å². The maximum atomic E-state index is 15.2. The molecule has 1 N–H and O–H groups in total. The Morgan fingerprint density at radius 2 is 1.67 bits per heavy atom. The predicted octanol–water partition coefficient (Wildman–Crippen LogP) is 6.60. The minimum atomic E-state index is -4.74. The van der Waals surface area contributed by atoms with Gasteiger partial charge < -0.3 is 10.1 Å². The molecule has 14 heteroatoms. The zero-order valence-corrected chi connectivity index (χ0v) is 24.7. The highest BCUT2D eigenvalue weighted by atomic mass is 35.5. The molecule has 0 atom stereocenters. The largest absolute Gasteiger partial charge is 0.494 e. The third kappa shape index (κ3) is 9.87. The smallest absolute Gasteiger partial charge is 0.417 e. The van der Waals surface area contributed by atoms with Crippen LogP contribution in [0.25, 0.3) is 0 Å². The monoisotopic (exact) mass is 650 g/mol. The summed E-state index contributed by atoms with van der Waals surface area (Å²) < 4.78 is 114. The Hall–Kier alpha value is -3.29. The van der Waals surface area contributed by atoms with Gasteiger partial charge in [0.1, 0.15) is 11.6 Å². The van der Waals surface area contributed by atoms with Gasteiger partial charge in [0, 0.05) is 38.4 Å². The van der Waals surface area contributed by atoms with Crippen molar-refractivity contribution >= 4 is 27.3 Å². The van der Waals surface area contributed by atoms with Crippen LogP contribution in [0, 0.1) is 5.82 Å². The molecule has 3 aromatic rings. The number of ether oxygens (including phenoxy) is 1. The third-order valence-electron chi connectivity index (χ3n) is 6.32. The standard InChI is InChI=1S/C29H29ClF6N2O4S/c1-19(39)37-16-20-7-12-24(15-26(20)43(2,40)41)42-14-4-13-38(18-28(32,33)22-8-10-23(31)11-9-22)17-21-5-3-6-25(27(21)30)29(34,35)36/h3,5-12,15H,4,13-14,16-18H2,1-2H3,(H,37,39). The van der Waals surface area contributed by atoms with E-state index in [4.69, 9.17) is 16.3 Å². The second kappa shape index (κ2) is 14.0. The maximum absolute atomic E-state index is 15.2. The Kier molecular flexibility index (Phi) is 11.1. The molecule has 0 radical (unpaired) electrons. The molecule has 0 aliphatic carbocycles. The molecule has 0 bridgehead atoms. The van der Waals surface area contributed by atoms with E-state index in [9.17, 15) is 30.8 Å². The predicted molar refractivity (Wildman–Crippen MR) is 149 cm³/mol. The lowest BCUT2D eigenvalue weighted by atomic mass is 10.1. The summed E-state index contributed by atoms with van der Waals surface area (Å²) in [4.78, 5) is 12.4. The molecule has 0 aromatic heterocycles. The fourth-order valence-corrected chi connectivity index (χ4v) is 5.49. The van der Waals surface area contributed by atoms with Gasteiger partial charge in [0.05, 0.1) is 28.6 Å². The van der Waals surface area contributed by atoms with Crippen molar-refractivity contribution in [1.82, 2.24) is 10.2 Å². The van der Waals surface area contributed by atoms with E-state index in [1.807, 2.05) is 0 Å². The van der Waals surface area contributed by atoms with Crippen LogP contribution in [-0.2, 0) is 39.8 Å². The molecule has 3 aromatic carbocycles. The van der Waals surface area contributed by atoms with Crippen LogP contribution in [0.1, 0.15) is 35.6 Å². The summed E-state index contributed by atoms with van der Waals surface area (Å²) >= 11 is 6.02. The zero-order chi connectivity index (χ0) is 32.0. The third-order valence-corrected chi connectivity index (χ3v) is 7.95. The molecule has 0 heterocycles. The highest BCUT2D eigenvalue weighted by Crippen LogP contribution is 2.37. The van der Waals surface area contributed by atoms with E-state index in [0.29, 0.717) is 5.56 Å². The van der Waals surface area contributed by atoms with E-state index in [-0.39, 0.29) is 54.8 Å². The summed E-state index contributed by atoms with van der Waals surface area (Å²) in [6, 6.07) is 11.1. The molecule has 234 valence electrons. The van der Waals surface area contributed by atoms with Gasteiger partial charge in [-0.1, -0.05) is 41.9 Å². The van der Waals surface area contributed by atoms with Gasteiger partial charge in [-0.3, -0.25) is 9.69 Å². The van der Waals surface area contributed by atoms with E-state index in [1.54, 1.807) is 0 Å². The first-order valence-corrected chi connectivity index (χ1v) is 15.2. The number of carbonyl (C=O) groups excluding carboxylic acids is 1. The van der Waals surface area contributed by atoms with Crippen LogP contribution in [0.4, 0.5) is 26.3 Å². The van der Waals surface area contributed by atoms with Gasteiger partial charge in [0.25, 0.3) is 5.92 Å². The van der Waals surface area contributed by atoms with Crippen LogP contribution in [0.15, 0.2) is 65.6 Å². The van der Waals surface area contributed by atoms with Crippen LogP contribution in [0.3, 0.4) is 0 Å². The fraction of sp³-hybridized carbons (Fsp3) is 0.345. The molecule has 3 rings (SSSR count). The molecule has 0 fully saturated rings. The van der Waals surface area contributed by atoms with Gasteiger partial charge in [-0.25, -0.2) is 12.8 Å². The van der Waals surface area contributed by atoms with Crippen molar-refractivity contribution < 1.29 is 44.3 Å². The Labute approximate surface area is 250 Å². The molecule has 43 heavy (non-hydrogen) atoms. The molecular weight excluding hydrogens is 622 g/mol.